The molecule has 0 aliphatic carbocycles. The van der Waals surface area contributed by atoms with Crippen LogP contribution in [0.1, 0.15) is 37.8 Å². The normalized spacial score (nSPS) is 18.2. The molecule has 1 fully saturated rings. The van der Waals surface area contributed by atoms with E-state index in [0.29, 0.717) is 13.2 Å². The summed E-state index contributed by atoms with van der Waals surface area (Å²) >= 11 is 0. The fourth-order valence-electron chi connectivity index (χ4n) is 2.87. The number of carbonyl (C=O) groups excluding carboxylic acids is 2. The van der Waals surface area contributed by atoms with Gasteiger partial charge < -0.3 is 15.0 Å². The van der Waals surface area contributed by atoms with Crippen LogP contribution in [0.15, 0.2) is 18.2 Å². The highest BCUT2D eigenvalue weighted by molar-refractivity contribution is 5.95. The van der Waals surface area contributed by atoms with Crippen molar-refractivity contribution in [1.82, 2.24) is 4.90 Å². The molecule has 1 aromatic carbocycles. The molecule has 2 rings (SSSR count). The number of amides is 2. The van der Waals surface area contributed by atoms with Gasteiger partial charge in [0.2, 0.25) is 11.8 Å². The summed E-state index contributed by atoms with van der Waals surface area (Å²) in [5.74, 6) is -0.248. The number of ether oxygens (including phenoxy) is 1. The van der Waals surface area contributed by atoms with E-state index in [1.165, 1.54) is 0 Å². The molecular weight excluding hydrogens is 304 g/mol. The van der Waals surface area contributed by atoms with Crippen molar-refractivity contribution >= 4 is 17.5 Å². The number of anilines is 1. The Morgan fingerprint density at radius 2 is 2.12 bits per heavy atom. The summed E-state index contributed by atoms with van der Waals surface area (Å²) in [7, 11) is 0. The van der Waals surface area contributed by atoms with E-state index in [2.05, 4.69) is 5.32 Å². The van der Waals surface area contributed by atoms with Gasteiger partial charge in [-0.15, -0.1) is 0 Å². The van der Waals surface area contributed by atoms with Crippen LogP contribution in [0, 0.1) is 19.8 Å². The van der Waals surface area contributed by atoms with Crippen molar-refractivity contribution in [2.24, 2.45) is 5.92 Å². The monoisotopic (exact) mass is 332 g/mol. The smallest absolute Gasteiger partial charge is 0.244 e. The van der Waals surface area contributed by atoms with E-state index in [9.17, 15) is 9.59 Å². The molecular formula is C19H28N2O3. The Balaban J connectivity index is 2.06. The van der Waals surface area contributed by atoms with Crippen LogP contribution in [0.2, 0.25) is 0 Å². The molecule has 1 heterocycles. The summed E-state index contributed by atoms with van der Waals surface area (Å²) in [6.45, 7) is 9.18. The van der Waals surface area contributed by atoms with E-state index in [0.717, 1.165) is 29.7 Å². The summed E-state index contributed by atoms with van der Waals surface area (Å²) in [4.78, 5) is 26.9. The number of benzene rings is 1. The van der Waals surface area contributed by atoms with Gasteiger partial charge in [0, 0.05) is 18.3 Å². The Morgan fingerprint density at radius 1 is 1.38 bits per heavy atom. The zero-order valence-electron chi connectivity index (χ0n) is 15.1. The number of nitrogens with zero attached hydrogens (tertiary/aromatic N) is 1. The summed E-state index contributed by atoms with van der Waals surface area (Å²) in [5, 5.41) is 2.94. The minimum atomic E-state index is -0.156. The molecule has 1 aliphatic rings. The minimum absolute atomic E-state index is 0.0259. The Morgan fingerprint density at radius 3 is 2.75 bits per heavy atom. The number of hydrogen-bond donors (Lipinski definition) is 1. The van der Waals surface area contributed by atoms with Crippen LogP contribution < -0.4 is 5.32 Å². The van der Waals surface area contributed by atoms with Gasteiger partial charge in [-0.2, -0.15) is 0 Å². The first kappa shape index (κ1) is 18.5. The van der Waals surface area contributed by atoms with Gasteiger partial charge in [-0.25, -0.2) is 0 Å². The molecule has 0 bridgehead atoms. The van der Waals surface area contributed by atoms with Gasteiger partial charge in [0.05, 0.1) is 12.5 Å². The second kappa shape index (κ2) is 8.29. The second-order valence-electron chi connectivity index (χ2n) is 6.58. The topological polar surface area (TPSA) is 58.6 Å². The van der Waals surface area contributed by atoms with E-state index in [-0.39, 0.29) is 30.3 Å². The van der Waals surface area contributed by atoms with Crippen molar-refractivity contribution in [3.8, 4) is 0 Å². The number of nitrogens with one attached hydrogen (secondary N) is 1. The average Bonchev–Trinajstić information content (AvgIpc) is 3.10. The fourth-order valence-corrected chi connectivity index (χ4v) is 2.87. The predicted octanol–water partition coefficient (Wildman–Crippen LogP) is 2.91. The van der Waals surface area contributed by atoms with Crippen LogP contribution in [-0.2, 0) is 14.3 Å². The lowest BCUT2D eigenvalue weighted by atomic mass is 10.1. The van der Waals surface area contributed by atoms with Gasteiger partial charge in [0.1, 0.15) is 6.54 Å². The number of carbonyl (C=O) groups is 2. The third kappa shape index (κ3) is 4.35. The quantitative estimate of drug-likeness (QED) is 0.871. The molecule has 5 heteroatoms. The second-order valence-corrected chi connectivity index (χ2v) is 6.58. The molecule has 132 valence electrons. The zero-order valence-corrected chi connectivity index (χ0v) is 15.1. The van der Waals surface area contributed by atoms with Crippen molar-refractivity contribution in [2.45, 2.75) is 46.6 Å². The van der Waals surface area contributed by atoms with Gasteiger partial charge in [-0.05, 0) is 50.8 Å². The van der Waals surface area contributed by atoms with Gasteiger partial charge >= 0.3 is 0 Å². The lowest BCUT2D eigenvalue weighted by Gasteiger charge is -2.30. The zero-order chi connectivity index (χ0) is 17.7. The van der Waals surface area contributed by atoms with Gasteiger partial charge in [-0.3, -0.25) is 9.59 Å². The van der Waals surface area contributed by atoms with Crippen LogP contribution in [0.3, 0.4) is 0 Å². The Bertz CT molecular complexity index is 594. The third-order valence-corrected chi connectivity index (χ3v) is 4.88. The largest absolute Gasteiger partial charge is 0.381 e. The molecule has 1 aliphatic heterocycles. The molecule has 24 heavy (non-hydrogen) atoms. The van der Waals surface area contributed by atoms with Gasteiger partial charge in [0.25, 0.3) is 0 Å². The minimum Gasteiger partial charge on any atom is -0.381 e. The number of rotatable bonds is 6. The van der Waals surface area contributed by atoms with Crippen LogP contribution in [-0.4, -0.2) is 42.5 Å². The van der Waals surface area contributed by atoms with Crippen molar-refractivity contribution in [2.75, 3.05) is 25.1 Å². The SMILES string of the molecule is CCC(C)N(CC(=O)Nc1cccc(C)c1C)C(=O)C1CCOC1. The summed E-state index contributed by atoms with van der Waals surface area (Å²) < 4.78 is 5.32. The first-order chi connectivity index (χ1) is 11.4. The summed E-state index contributed by atoms with van der Waals surface area (Å²) in [6.07, 6.45) is 1.56. The average molecular weight is 332 g/mol. The van der Waals surface area contributed by atoms with E-state index >= 15 is 0 Å². The molecule has 1 N–H and O–H groups in total. The van der Waals surface area contributed by atoms with Gasteiger partial charge in [0.15, 0.2) is 0 Å². The number of aryl methyl sites for hydroxylation is 1. The van der Waals surface area contributed by atoms with E-state index in [4.69, 9.17) is 4.74 Å². The Labute approximate surface area is 144 Å². The van der Waals surface area contributed by atoms with Crippen molar-refractivity contribution in [3.05, 3.63) is 29.3 Å². The maximum atomic E-state index is 12.7. The molecule has 0 aromatic heterocycles. The third-order valence-electron chi connectivity index (χ3n) is 4.88. The lowest BCUT2D eigenvalue weighted by Crippen LogP contribution is -2.46. The first-order valence-corrected chi connectivity index (χ1v) is 8.68. The molecule has 0 radical (unpaired) electrons. The molecule has 0 saturated carbocycles. The van der Waals surface area contributed by atoms with Crippen molar-refractivity contribution in [3.63, 3.8) is 0 Å². The van der Waals surface area contributed by atoms with E-state index < -0.39 is 0 Å². The summed E-state index contributed by atoms with van der Waals surface area (Å²) in [6, 6.07) is 5.86. The first-order valence-electron chi connectivity index (χ1n) is 8.68. The highest BCUT2D eigenvalue weighted by Crippen LogP contribution is 2.20. The fraction of sp³-hybridized carbons (Fsp3) is 0.579. The van der Waals surface area contributed by atoms with Crippen molar-refractivity contribution < 1.29 is 14.3 Å². The summed E-state index contributed by atoms with van der Waals surface area (Å²) in [5.41, 5.74) is 2.99. The highest BCUT2D eigenvalue weighted by Gasteiger charge is 2.31. The van der Waals surface area contributed by atoms with Crippen LogP contribution in [0.5, 0.6) is 0 Å². The molecule has 2 amide bonds. The molecule has 2 unspecified atom stereocenters. The highest BCUT2D eigenvalue weighted by atomic mass is 16.5. The Hall–Kier alpha value is -1.88. The predicted molar refractivity (Wildman–Crippen MR) is 94.9 cm³/mol. The molecule has 1 aromatic rings. The van der Waals surface area contributed by atoms with Crippen LogP contribution in [0.4, 0.5) is 5.69 Å². The molecule has 1 saturated heterocycles. The van der Waals surface area contributed by atoms with Crippen LogP contribution >= 0.6 is 0 Å². The van der Waals surface area contributed by atoms with Crippen molar-refractivity contribution in [1.29, 1.82) is 0 Å². The van der Waals surface area contributed by atoms with E-state index in [1.807, 2.05) is 45.9 Å². The Kier molecular flexibility index (Phi) is 6.37. The molecule has 0 spiro atoms. The molecule has 2 atom stereocenters. The van der Waals surface area contributed by atoms with Crippen LogP contribution in [0.25, 0.3) is 0 Å². The maximum absolute atomic E-state index is 12.7. The van der Waals surface area contributed by atoms with Gasteiger partial charge in [-0.1, -0.05) is 19.1 Å². The lowest BCUT2D eigenvalue weighted by molar-refractivity contribution is -0.140. The maximum Gasteiger partial charge on any atom is 0.244 e. The molecule has 5 nitrogen and oxygen atoms in total. The van der Waals surface area contributed by atoms with E-state index in [1.54, 1.807) is 4.90 Å². The number of hydrogen-bond acceptors (Lipinski definition) is 3. The standard InChI is InChI=1S/C19H28N2O3/c1-5-14(3)21(19(23)16-9-10-24-12-16)11-18(22)20-17-8-6-7-13(2)15(17)4/h6-8,14,16H,5,9-12H2,1-4H3,(H,20,22).